The zero-order valence-electron chi connectivity index (χ0n) is 24.9. The molecule has 212 valence electrons. The van der Waals surface area contributed by atoms with Gasteiger partial charge in [-0.25, -0.2) is 0 Å². The first-order valence-corrected chi connectivity index (χ1v) is 16.0. The molecule has 46 heavy (non-hydrogen) atoms. The summed E-state index contributed by atoms with van der Waals surface area (Å²) < 4.78 is 6.41. The normalized spacial score (nSPS) is 16.1. The van der Waals surface area contributed by atoms with E-state index in [1.54, 1.807) is 0 Å². The summed E-state index contributed by atoms with van der Waals surface area (Å²) in [6.07, 6.45) is 0. The van der Waals surface area contributed by atoms with Crippen molar-refractivity contribution < 1.29 is 4.74 Å². The highest BCUT2D eigenvalue weighted by Crippen LogP contribution is 2.65. The van der Waals surface area contributed by atoms with Crippen molar-refractivity contribution in [1.29, 1.82) is 0 Å². The van der Waals surface area contributed by atoms with Crippen LogP contribution < -0.4 is 4.74 Å². The summed E-state index contributed by atoms with van der Waals surface area (Å²) in [6, 6.07) is 58.3. The van der Waals surface area contributed by atoms with Crippen LogP contribution in [-0.2, 0) is 5.41 Å². The van der Waals surface area contributed by atoms with E-state index in [1.807, 2.05) is 0 Å². The van der Waals surface area contributed by atoms with Crippen LogP contribution in [0.5, 0.6) is 11.5 Å². The molecule has 1 aliphatic heterocycles. The Labute approximate surface area is 267 Å². The van der Waals surface area contributed by atoms with Crippen LogP contribution in [0.1, 0.15) is 22.3 Å². The van der Waals surface area contributed by atoms with Gasteiger partial charge >= 0.3 is 0 Å². The summed E-state index contributed by atoms with van der Waals surface area (Å²) >= 11 is 0. The fourth-order valence-electron chi connectivity index (χ4n) is 8.96. The monoisotopic (exact) mass is 582 g/mol. The molecule has 3 aliphatic rings. The van der Waals surface area contributed by atoms with E-state index < -0.39 is 5.41 Å². The van der Waals surface area contributed by atoms with Crippen LogP contribution in [0.2, 0.25) is 0 Å². The molecule has 0 bridgehead atoms. The predicted octanol–water partition coefficient (Wildman–Crippen LogP) is 11.8. The molecule has 2 aliphatic carbocycles. The van der Waals surface area contributed by atoms with Gasteiger partial charge < -0.3 is 4.74 Å². The maximum Gasteiger partial charge on any atom is 0.135 e. The number of para-hydroxylation sites is 1. The molecule has 0 amide bonds. The van der Waals surface area contributed by atoms with E-state index in [9.17, 15) is 0 Å². The second-order valence-electron chi connectivity index (χ2n) is 12.8. The molecule has 0 fully saturated rings. The minimum absolute atomic E-state index is 0.454. The van der Waals surface area contributed by atoms with E-state index in [4.69, 9.17) is 4.74 Å². The van der Waals surface area contributed by atoms with Gasteiger partial charge in [0.15, 0.2) is 0 Å². The van der Waals surface area contributed by atoms with Crippen molar-refractivity contribution in [3.05, 3.63) is 180 Å². The van der Waals surface area contributed by atoms with Gasteiger partial charge in [-0.2, -0.15) is 0 Å². The van der Waals surface area contributed by atoms with Gasteiger partial charge in [0.25, 0.3) is 0 Å². The molecular weight excluding hydrogens is 556 g/mol. The quantitative estimate of drug-likeness (QED) is 0.187. The third-order valence-electron chi connectivity index (χ3n) is 10.6. The van der Waals surface area contributed by atoms with Crippen molar-refractivity contribution in [1.82, 2.24) is 0 Å². The van der Waals surface area contributed by atoms with E-state index in [1.165, 1.54) is 82.7 Å². The molecule has 1 nitrogen and oxygen atoms in total. The number of hydrogen-bond donors (Lipinski definition) is 0. The fraction of sp³-hybridized carbons (Fsp3) is 0.0222. The summed E-state index contributed by atoms with van der Waals surface area (Å²) in [5.41, 5.74) is 15.2. The zero-order valence-corrected chi connectivity index (χ0v) is 24.9. The van der Waals surface area contributed by atoms with Crippen molar-refractivity contribution >= 4 is 21.5 Å². The van der Waals surface area contributed by atoms with Crippen molar-refractivity contribution in [3.63, 3.8) is 0 Å². The van der Waals surface area contributed by atoms with Gasteiger partial charge in [-0.3, -0.25) is 0 Å². The topological polar surface area (TPSA) is 9.23 Å². The third-order valence-corrected chi connectivity index (χ3v) is 10.6. The average Bonchev–Trinajstić information content (AvgIpc) is 3.59. The Morgan fingerprint density at radius 1 is 0.370 bits per heavy atom. The third kappa shape index (κ3) is 2.87. The summed E-state index contributed by atoms with van der Waals surface area (Å²) in [7, 11) is 0. The summed E-state index contributed by atoms with van der Waals surface area (Å²) in [5, 5.41) is 4.96. The van der Waals surface area contributed by atoms with Crippen molar-refractivity contribution in [2.24, 2.45) is 0 Å². The van der Waals surface area contributed by atoms with Gasteiger partial charge in [0.1, 0.15) is 11.5 Å². The lowest BCUT2D eigenvalue weighted by atomic mass is 9.67. The molecule has 11 rings (SSSR count). The molecule has 1 spiro atoms. The fourth-order valence-corrected chi connectivity index (χ4v) is 8.96. The Bertz CT molecular complexity index is 2610. The number of rotatable bonds is 1. The number of ether oxygens (including phenoxy) is 1. The van der Waals surface area contributed by atoms with Crippen LogP contribution in [0, 0.1) is 0 Å². The Kier molecular flexibility index (Phi) is 4.57. The van der Waals surface area contributed by atoms with Crippen molar-refractivity contribution in [2.45, 2.75) is 5.41 Å². The van der Waals surface area contributed by atoms with Gasteiger partial charge in [0.2, 0.25) is 0 Å². The molecule has 0 saturated carbocycles. The second-order valence-corrected chi connectivity index (χ2v) is 12.8. The van der Waals surface area contributed by atoms with E-state index in [0.717, 1.165) is 17.1 Å². The van der Waals surface area contributed by atoms with E-state index in [0.29, 0.717) is 0 Å². The van der Waals surface area contributed by atoms with Crippen LogP contribution in [0.25, 0.3) is 66.1 Å². The summed E-state index contributed by atoms with van der Waals surface area (Å²) in [4.78, 5) is 0. The Morgan fingerprint density at radius 2 is 0.978 bits per heavy atom. The Balaban J connectivity index is 1.31. The highest BCUT2D eigenvalue weighted by molar-refractivity contribution is 6.09. The molecular formula is C45H26O. The average molecular weight is 583 g/mol. The smallest absolute Gasteiger partial charge is 0.135 e. The zero-order chi connectivity index (χ0) is 30.0. The maximum absolute atomic E-state index is 6.41. The molecule has 1 unspecified atom stereocenters. The van der Waals surface area contributed by atoms with Crippen LogP contribution in [-0.4, -0.2) is 0 Å². The number of fused-ring (bicyclic) bond motifs is 14. The van der Waals surface area contributed by atoms with Gasteiger partial charge in [-0.15, -0.1) is 0 Å². The second kappa shape index (κ2) is 8.62. The van der Waals surface area contributed by atoms with Crippen LogP contribution in [0.15, 0.2) is 158 Å². The molecule has 1 heterocycles. The molecule has 8 aromatic rings. The number of hydrogen-bond acceptors (Lipinski definition) is 1. The summed E-state index contributed by atoms with van der Waals surface area (Å²) in [6.45, 7) is 0. The predicted molar refractivity (Wildman–Crippen MR) is 189 cm³/mol. The minimum Gasteiger partial charge on any atom is -0.456 e. The van der Waals surface area contributed by atoms with E-state index in [-0.39, 0.29) is 0 Å². The van der Waals surface area contributed by atoms with Gasteiger partial charge in [0, 0.05) is 10.9 Å². The minimum atomic E-state index is -0.454. The molecule has 1 atom stereocenters. The Morgan fingerprint density at radius 3 is 1.83 bits per heavy atom. The van der Waals surface area contributed by atoms with E-state index >= 15 is 0 Å². The maximum atomic E-state index is 6.41. The molecule has 0 saturated heterocycles. The lowest BCUT2D eigenvalue weighted by molar-refractivity contribution is 0.487. The SMILES string of the molecule is c1ccc2c(c1)Oc1cccc3cc(-c4cccc5c4C4(c6ccccc6-5)c5ccccc5-c5ccc6ccccc6c54)cc-2c13. The molecule has 0 radical (unpaired) electrons. The van der Waals surface area contributed by atoms with E-state index in [2.05, 4.69) is 158 Å². The first kappa shape index (κ1) is 24.4. The number of benzene rings is 8. The van der Waals surface area contributed by atoms with Gasteiger partial charge in [-0.1, -0.05) is 133 Å². The van der Waals surface area contributed by atoms with Crippen molar-refractivity contribution in [3.8, 4) is 56.0 Å². The van der Waals surface area contributed by atoms with Gasteiger partial charge in [-0.05, 0) is 102 Å². The lowest BCUT2D eigenvalue weighted by Gasteiger charge is -2.33. The molecule has 0 aromatic heterocycles. The Hall–Kier alpha value is -5.92. The standard InChI is InChI=1S/C45H26O/c1-2-13-30-27(11-1)23-24-36-33-15-4-7-20-39(33)45(43(30)36)38-19-6-3-14-32(38)35-18-10-17-31(44(35)45)29-25-28-12-9-22-41-42(28)37(26-29)34-16-5-8-21-40(34)46-41/h1-26H. The van der Waals surface area contributed by atoms with Crippen LogP contribution in [0.3, 0.4) is 0 Å². The highest BCUT2D eigenvalue weighted by Gasteiger charge is 2.53. The lowest BCUT2D eigenvalue weighted by Crippen LogP contribution is -2.27. The first-order chi connectivity index (χ1) is 22.8. The first-order valence-electron chi connectivity index (χ1n) is 16.0. The molecule has 1 heteroatoms. The van der Waals surface area contributed by atoms with Gasteiger partial charge in [0.05, 0.1) is 5.41 Å². The molecule has 0 N–H and O–H groups in total. The molecule has 8 aromatic carbocycles. The van der Waals surface area contributed by atoms with Crippen LogP contribution >= 0.6 is 0 Å². The van der Waals surface area contributed by atoms with Crippen LogP contribution in [0.4, 0.5) is 0 Å². The summed E-state index contributed by atoms with van der Waals surface area (Å²) in [5.74, 6) is 1.83. The largest absolute Gasteiger partial charge is 0.456 e. The highest BCUT2D eigenvalue weighted by atomic mass is 16.5. The van der Waals surface area contributed by atoms with Crippen molar-refractivity contribution in [2.75, 3.05) is 0 Å².